The smallest absolute Gasteiger partial charge is 0.119 e. The molecule has 0 aliphatic heterocycles. The summed E-state index contributed by atoms with van der Waals surface area (Å²) in [4.78, 5) is 14.0. The lowest BCUT2D eigenvalue weighted by Crippen LogP contribution is -1.96. The van der Waals surface area contributed by atoms with E-state index < -0.39 is 0 Å². The van der Waals surface area contributed by atoms with Gasteiger partial charge < -0.3 is 14.2 Å². The third kappa shape index (κ3) is 24.5. The molecule has 9 rings (SSSR count). The summed E-state index contributed by atoms with van der Waals surface area (Å²) in [7, 11) is 0. The first-order valence-corrected chi connectivity index (χ1v) is 33.1. The number of pyridine rings is 3. The molecular formula is C81H99N3O3. The Morgan fingerprint density at radius 2 is 0.506 bits per heavy atom. The van der Waals surface area contributed by atoms with Gasteiger partial charge in [0.25, 0.3) is 0 Å². The lowest BCUT2D eigenvalue weighted by atomic mass is 10.0. The van der Waals surface area contributed by atoms with Crippen LogP contribution in [-0.2, 0) is 57.8 Å². The number of unbranched alkanes of at least 4 members (excludes halogenated alkanes) is 7. The molecule has 0 fully saturated rings. The topological polar surface area (TPSA) is 66.4 Å². The third-order valence-corrected chi connectivity index (χ3v) is 15.8. The van der Waals surface area contributed by atoms with Gasteiger partial charge in [-0.3, -0.25) is 15.0 Å². The van der Waals surface area contributed by atoms with Crippen LogP contribution >= 0.6 is 0 Å². The predicted octanol–water partition coefficient (Wildman–Crippen LogP) is 21.2. The molecule has 0 spiro atoms. The highest BCUT2D eigenvalue weighted by Gasteiger charge is 2.07. The lowest BCUT2D eigenvalue weighted by molar-refractivity contribution is 0.309. The van der Waals surface area contributed by atoms with Crippen molar-refractivity contribution in [3.63, 3.8) is 0 Å². The highest BCUT2D eigenvalue weighted by Crippen LogP contribution is 2.27. The zero-order valence-corrected chi connectivity index (χ0v) is 53.6. The zero-order chi connectivity index (χ0) is 60.9. The fourth-order valence-corrected chi connectivity index (χ4v) is 10.4. The van der Waals surface area contributed by atoms with E-state index in [0.29, 0.717) is 6.61 Å². The zero-order valence-electron chi connectivity index (χ0n) is 53.6. The summed E-state index contributed by atoms with van der Waals surface area (Å²) < 4.78 is 16.9. The largest absolute Gasteiger partial charge is 0.494 e. The monoisotopic (exact) mass is 1160 g/mol. The molecule has 0 atom stereocenters. The number of ether oxygens (including phenoxy) is 3. The Kier molecular flexibility index (Phi) is 29.9. The van der Waals surface area contributed by atoms with E-state index in [4.69, 9.17) is 14.2 Å². The van der Waals surface area contributed by atoms with Crippen LogP contribution in [0.2, 0.25) is 0 Å². The standard InChI is InChI=1S/C28H35NO.C27H33NO.C26H31NO/c1-3-5-7-8-24-12-18-27(29-22-24)17-11-23-9-13-25(14-10-23)26-15-19-28(20-16-26)30-21-6-4-2;1-3-5-6-7-23-11-17-26(28-21-23)16-10-22-8-12-24(13-9-22)25-14-18-27(19-15-25)29-20-4-2;1-3-5-6-7-22-11-17-25(27-20-22)16-10-21-8-12-23(13-9-21)24-14-18-26(19-15-24)28-4-2/h9-10,12-16,18-20,22H,3-8,11,17,21H2,1-2H3;8-9,11-15,17-19,21H,3-7,10,16,20H2,1-2H3;8-9,11-15,17-20H,3-7,10,16H2,1-2H3. The molecule has 0 aliphatic carbocycles. The number of rotatable bonds is 33. The van der Waals surface area contributed by atoms with Crippen LogP contribution in [0.1, 0.15) is 169 Å². The van der Waals surface area contributed by atoms with Gasteiger partial charge >= 0.3 is 0 Å². The van der Waals surface area contributed by atoms with Crippen LogP contribution in [0.3, 0.4) is 0 Å². The van der Waals surface area contributed by atoms with Crippen molar-refractivity contribution in [3.8, 4) is 50.6 Å². The Bertz CT molecular complexity index is 3210. The second kappa shape index (κ2) is 39.1. The molecule has 0 amide bonds. The van der Waals surface area contributed by atoms with Crippen LogP contribution in [0, 0.1) is 0 Å². The van der Waals surface area contributed by atoms with E-state index in [0.717, 1.165) is 108 Å². The van der Waals surface area contributed by atoms with Crippen molar-refractivity contribution in [2.75, 3.05) is 19.8 Å². The SMILES string of the molecule is CCCCCc1ccc(CCc2ccc(-c3ccc(OCC)cc3)cc2)nc1.CCCCCc1ccc(CCc2ccc(-c3ccc(OCCC)cc3)cc2)nc1.CCCCCc1ccc(CCc2ccc(-c3ccc(OCCCC)cc3)cc2)nc1. The highest BCUT2D eigenvalue weighted by atomic mass is 16.5. The molecular weight excluding hydrogens is 1060 g/mol. The maximum atomic E-state index is 5.76. The highest BCUT2D eigenvalue weighted by molar-refractivity contribution is 5.66. The minimum Gasteiger partial charge on any atom is -0.494 e. The number of hydrogen-bond acceptors (Lipinski definition) is 6. The van der Waals surface area contributed by atoms with E-state index >= 15 is 0 Å². The first kappa shape index (κ1) is 66.7. The minimum absolute atomic E-state index is 0.699. The number of aryl methyl sites for hydroxylation is 9. The first-order valence-electron chi connectivity index (χ1n) is 33.1. The minimum atomic E-state index is 0.699. The molecule has 3 heterocycles. The van der Waals surface area contributed by atoms with E-state index in [1.807, 2.05) is 19.1 Å². The van der Waals surface area contributed by atoms with Crippen LogP contribution in [0.25, 0.3) is 33.4 Å². The lowest BCUT2D eigenvalue weighted by Gasteiger charge is -2.08. The summed E-state index contributed by atoms with van der Waals surface area (Å²) >= 11 is 0. The molecule has 6 aromatic carbocycles. The van der Waals surface area contributed by atoms with Gasteiger partial charge in [0, 0.05) is 35.7 Å². The molecule has 6 nitrogen and oxygen atoms in total. The summed E-state index contributed by atoms with van der Waals surface area (Å²) in [6.45, 7) is 15.3. The molecule has 0 unspecified atom stereocenters. The number of nitrogens with zero attached hydrogens (tertiary/aromatic N) is 3. The molecule has 0 radical (unpaired) electrons. The molecule has 0 saturated carbocycles. The molecule has 9 aromatic rings. The van der Waals surface area contributed by atoms with Crippen molar-refractivity contribution in [2.45, 2.75) is 176 Å². The molecule has 0 saturated heterocycles. The molecule has 0 bridgehead atoms. The summed E-state index contributed by atoms with van der Waals surface area (Å²) in [5.74, 6) is 2.82. The summed E-state index contributed by atoms with van der Waals surface area (Å²) in [6, 6.07) is 65.0. The number of aromatic nitrogens is 3. The van der Waals surface area contributed by atoms with Crippen molar-refractivity contribution in [1.82, 2.24) is 15.0 Å². The van der Waals surface area contributed by atoms with Crippen LogP contribution < -0.4 is 14.2 Å². The normalized spacial score (nSPS) is 10.8. The first-order chi connectivity index (χ1) is 42.8. The van der Waals surface area contributed by atoms with E-state index in [9.17, 15) is 0 Å². The van der Waals surface area contributed by atoms with Crippen LogP contribution in [0.15, 0.2) is 201 Å². The molecule has 456 valence electrons. The molecule has 3 aromatic heterocycles. The Morgan fingerprint density at radius 1 is 0.230 bits per heavy atom. The predicted molar refractivity (Wildman–Crippen MR) is 368 cm³/mol. The van der Waals surface area contributed by atoms with E-state index in [1.165, 1.54) is 142 Å². The average Bonchev–Trinajstić information content (AvgIpc) is 3.65. The van der Waals surface area contributed by atoms with Gasteiger partial charge in [0.15, 0.2) is 0 Å². The van der Waals surface area contributed by atoms with Gasteiger partial charge in [-0.05, 0) is 218 Å². The number of benzene rings is 6. The second-order valence-electron chi connectivity index (χ2n) is 23.0. The fourth-order valence-electron chi connectivity index (χ4n) is 10.4. The number of hydrogen-bond donors (Lipinski definition) is 0. The van der Waals surface area contributed by atoms with E-state index in [1.54, 1.807) is 0 Å². The molecule has 0 aliphatic rings. The van der Waals surface area contributed by atoms with Crippen LogP contribution in [0.4, 0.5) is 0 Å². The second-order valence-corrected chi connectivity index (χ2v) is 23.0. The summed E-state index contributed by atoms with van der Waals surface area (Å²) in [6.07, 6.45) is 30.4. The van der Waals surface area contributed by atoms with Gasteiger partial charge in [0.1, 0.15) is 17.2 Å². The van der Waals surface area contributed by atoms with Gasteiger partial charge in [0.2, 0.25) is 0 Å². The van der Waals surface area contributed by atoms with Gasteiger partial charge in [-0.15, -0.1) is 0 Å². The molecule has 6 heteroatoms. The molecule has 87 heavy (non-hydrogen) atoms. The quantitative estimate of drug-likeness (QED) is 0.0382. The van der Waals surface area contributed by atoms with Gasteiger partial charge in [0.05, 0.1) is 19.8 Å². The Morgan fingerprint density at radius 3 is 0.770 bits per heavy atom. The molecule has 0 N–H and O–H groups in total. The van der Waals surface area contributed by atoms with Crippen molar-refractivity contribution in [2.24, 2.45) is 0 Å². The van der Waals surface area contributed by atoms with Crippen LogP contribution in [0.5, 0.6) is 17.2 Å². The van der Waals surface area contributed by atoms with E-state index in [2.05, 4.69) is 238 Å². The van der Waals surface area contributed by atoms with E-state index in [-0.39, 0.29) is 0 Å². The van der Waals surface area contributed by atoms with Crippen molar-refractivity contribution in [1.29, 1.82) is 0 Å². The summed E-state index contributed by atoms with van der Waals surface area (Å²) in [5.41, 5.74) is 19.1. The maximum absolute atomic E-state index is 5.76. The van der Waals surface area contributed by atoms with Gasteiger partial charge in [-0.1, -0.05) is 207 Å². The van der Waals surface area contributed by atoms with Crippen molar-refractivity contribution >= 4 is 0 Å². The average molecular weight is 1160 g/mol. The third-order valence-electron chi connectivity index (χ3n) is 15.8. The van der Waals surface area contributed by atoms with Gasteiger partial charge in [-0.2, -0.15) is 0 Å². The Hall–Kier alpha value is -7.83. The maximum Gasteiger partial charge on any atom is 0.119 e. The summed E-state index contributed by atoms with van der Waals surface area (Å²) in [5, 5.41) is 0. The van der Waals surface area contributed by atoms with Gasteiger partial charge in [-0.25, -0.2) is 0 Å². The van der Waals surface area contributed by atoms with Crippen LogP contribution in [-0.4, -0.2) is 34.8 Å². The van der Waals surface area contributed by atoms with Crippen molar-refractivity contribution in [3.05, 3.63) is 251 Å². The van der Waals surface area contributed by atoms with Crippen molar-refractivity contribution < 1.29 is 14.2 Å². The Balaban J connectivity index is 0.000000187. The fraction of sp³-hybridized carbons (Fsp3) is 0.370. The Labute approximate surface area is 524 Å².